The lowest BCUT2D eigenvalue weighted by Gasteiger charge is -2.12. The number of methoxy groups -OCH3 is 1. The maximum atomic E-state index is 12.1. The lowest BCUT2D eigenvalue weighted by Crippen LogP contribution is -2.31. The van der Waals surface area contributed by atoms with Crippen molar-refractivity contribution in [3.05, 3.63) is 54.4 Å². The smallest absolute Gasteiger partial charge is 0.319 e. The van der Waals surface area contributed by atoms with E-state index in [1.54, 1.807) is 19.2 Å². The Hall–Kier alpha value is -3.02. The molecule has 0 aliphatic carbocycles. The molecular weight excluding hydrogens is 304 g/mol. The Kier molecular flexibility index (Phi) is 4.65. The number of carbonyl (C=O) groups is 1. The van der Waals surface area contributed by atoms with Crippen molar-refractivity contribution in [3.8, 4) is 5.75 Å². The highest BCUT2D eigenvalue weighted by Gasteiger charge is 2.08. The topological polar surface area (TPSA) is 68.2 Å². The van der Waals surface area contributed by atoms with E-state index in [0.717, 1.165) is 16.9 Å². The van der Waals surface area contributed by atoms with Gasteiger partial charge in [0.25, 0.3) is 0 Å². The number of urea groups is 1. The van der Waals surface area contributed by atoms with Gasteiger partial charge in [0, 0.05) is 13.1 Å². The molecule has 3 rings (SSSR count). The number of benzene rings is 2. The molecule has 0 fully saturated rings. The molecule has 2 N–H and O–H groups in total. The first-order chi connectivity index (χ1) is 11.7. The first-order valence-electron chi connectivity index (χ1n) is 7.79. The molecule has 6 nitrogen and oxygen atoms in total. The quantitative estimate of drug-likeness (QED) is 0.757. The number of amides is 2. The molecule has 0 atom stereocenters. The number of fused-ring (bicyclic) bond motifs is 1. The molecule has 0 saturated heterocycles. The minimum Gasteiger partial charge on any atom is -0.495 e. The monoisotopic (exact) mass is 324 g/mol. The van der Waals surface area contributed by atoms with Crippen LogP contribution in [0.1, 0.15) is 5.82 Å². The molecular formula is C18H20N4O2. The maximum absolute atomic E-state index is 12.1. The Morgan fingerprint density at radius 1 is 1.17 bits per heavy atom. The highest BCUT2D eigenvalue weighted by atomic mass is 16.5. The van der Waals surface area contributed by atoms with Gasteiger partial charge < -0.3 is 19.9 Å². The van der Waals surface area contributed by atoms with Crippen LogP contribution in [0.15, 0.2) is 48.5 Å². The summed E-state index contributed by atoms with van der Waals surface area (Å²) in [5, 5.41) is 5.65. The van der Waals surface area contributed by atoms with Gasteiger partial charge in [0.15, 0.2) is 0 Å². The van der Waals surface area contributed by atoms with Gasteiger partial charge in [0.2, 0.25) is 0 Å². The molecule has 0 aliphatic rings. The minimum absolute atomic E-state index is 0.262. The standard InChI is InChI=1S/C18H20N4O2/c1-13-20-14-7-3-5-9-16(14)22(13)12-11-19-18(23)21-15-8-4-6-10-17(15)24-2/h3-10H,11-12H2,1-2H3,(H2,19,21,23). The Bertz CT molecular complexity index is 857. The lowest BCUT2D eigenvalue weighted by molar-refractivity contribution is 0.251. The summed E-state index contributed by atoms with van der Waals surface area (Å²) in [4.78, 5) is 16.6. The largest absolute Gasteiger partial charge is 0.495 e. The molecule has 3 aromatic rings. The molecule has 24 heavy (non-hydrogen) atoms. The van der Waals surface area contributed by atoms with Crippen LogP contribution in [0.5, 0.6) is 5.75 Å². The summed E-state index contributed by atoms with van der Waals surface area (Å²) in [6.45, 7) is 3.13. The van der Waals surface area contributed by atoms with Gasteiger partial charge in [0.05, 0.1) is 23.8 Å². The summed E-state index contributed by atoms with van der Waals surface area (Å²) in [6.07, 6.45) is 0. The van der Waals surface area contributed by atoms with Gasteiger partial charge in [-0.3, -0.25) is 0 Å². The summed E-state index contributed by atoms with van der Waals surface area (Å²) in [6, 6.07) is 15.0. The van der Waals surface area contributed by atoms with E-state index in [-0.39, 0.29) is 6.03 Å². The number of imidazole rings is 1. The predicted octanol–water partition coefficient (Wildman–Crippen LogP) is 3.18. The molecule has 0 unspecified atom stereocenters. The Balaban J connectivity index is 1.60. The van der Waals surface area contributed by atoms with Crippen LogP contribution in [-0.4, -0.2) is 29.2 Å². The number of anilines is 1. The van der Waals surface area contributed by atoms with Crippen molar-refractivity contribution < 1.29 is 9.53 Å². The molecule has 0 bridgehead atoms. The second kappa shape index (κ2) is 7.04. The normalized spacial score (nSPS) is 10.6. The first-order valence-corrected chi connectivity index (χ1v) is 7.79. The second-order valence-corrected chi connectivity index (χ2v) is 5.38. The zero-order valence-corrected chi connectivity index (χ0v) is 13.7. The van der Waals surface area contributed by atoms with E-state index in [0.29, 0.717) is 24.5 Å². The number of nitrogens with one attached hydrogen (secondary N) is 2. The van der Waals surface area contributed by atoms with Crippen LogP contribution in [0.2, 0.25) is 0 Å². The third-order valence-electron chi connectivity index (χ3n) is 3.82. The van der Waals surface area contributed by atoms with Crippen LogP contribution in [0.3, 0.4) is 0 Å². The average molecular weight is 324 g/mol. The summed E-state index contributed by atoms with van der Waals surface area (Å²) < 4.78 is 7.31. The molecule has 0 spiro atoms. The molecule has 2 aromatic carbocycles. The fourth-order valence-corrected chi connectivity index (χ4v) is 2.67. The fourth-order valence-electron chi connectivity index (χ4n) is 2.67. The van der Waals surface area contributed by atoms with Gasteiger partial charge in [-0.2, -0.15) is 0 Å². The van der Waals surface area contributed by atoms with Crippen molar-refractivity contribution in [2.75, 3.05) is 19.0 Å². The van der Waals surface area contributed by atoms with Crippen molar-refractivity contribution in [1.82, 2.24) is 14.9 Å². The summed E-state index contributed by atoms with van der Waals surface area (Å²) >= 11 is 0. The number of rotatable bonds is 5. The molecule has 124 valence electrons. The zero-order valence-electron chi connectivity index (χ0n) is 13.7. The number of para-hydroxylation sites is 4. The fraction of sp³-hybridized carbons (Fsp3) is 0.222. The van der Waals surface area contributed by atoms with E-state index in [4.69, 9.17) is 4.74 Å². The maximum Gasteiger partial charge on any atom is 0.319 e. The Morgan fingerprint density at radius 3 is 2.75 bits per heavy atom. The summed E-state index contributed by atoms with van der Waals surface area (Å²) in [7, 11) is 1.57. The summed E-state index contributed by atoms with van der Waals surface area (Å²) in [5.74, 6) is 1.56. The number of hydrogen-bond acceptors (Lipinski definition) is 3. The van der Waals surface area contributed by atoms with Crippen LogP contribution < -0.4 is 15.4 Å². The number of aryl methyl sites for hydroxylation is 1. The van der Waals surface area contributed by atoms with E-state index >= 15 is 0 Å². The van der Waals surface area contributed by atoms with Crippen molar-refractivity contribution in [2.45, 2.75) is 13.5 Å². The lowest BCUT2D eigenvalue weighted by atomic mass is 10.3. The molecule has 6 heteroatoms. The summed E-state index contributed by atoms with van der Waals surface area (Å²) in [5.41, 5.74) is 2.68. The molecule has 1 heterocycles. The van der Waals surface area contributed by atoms with Crippen molar-refractivity contribution in [2.24, 2.45) is 0 Å². The molecule has 1 aromatic heterocycles. The molecule has 0 radical (unpaired) electrons. The minimum atomic E-state index is -0.262. The number of ether oxygens (including phenoxy) is 1. The third kappa shape index (κ3) is 3.32. The van der Waals surface area contributed by atoms with E-state index < -0.39 is 0 Å². The van der Waals surface area contributed by atoms with E-state index in [2.05, 4.69) is 20.2 Å². The number of aromatic nitrogens is 2. The van der Waals surface area contributed by atoms with Crippen LogP contribution in [-0.2, 0) is 6.54 Å². The van der Waals surface area contributed by atoms with E-state index in [9.17, 15) is 4.79 Å². The molecule has 0 saturated carbocycles. The van der Waals surface area contributed by atoms with Gasteiger partial charge in [-0.05, 0) is 31.2 Å². The number of hydrogen-bond donors (Lipinski definition) is 2. The highest BCUT2D eigenvalue weighted by Crippen LogP contribution is 2.22. The first kappa shape index (κ1) is 15.9. The van der Waals surface area contributed by atoms with Crippen LogP contribution in [0.4, 0.5) is 10.5 Å². The highest BCUT2D eigenvalue weighted by molar-refractivity contribution is 5.90. The van der Waals surface area contributed by atoms with Gasteiger partial charge in [0.1, 0.15) is 11.6 Å². The predicted molar refractivity (Wildman–Crippen MR) is 94.5 cm³/mol. The van der Waals surface area contributed by atoms with Crippen molar-refractivity contribution >= 4 is 22.8 Å². The molecule has 2 amide bonds. The second-order valence-electron chi connectivity index (χ2n) is 5.38. The SMILES string of the molecule is COc1ccccc1NC(=O)NCCn1c(C)nc2ccccc21. The van der Waals surface area contributed by atoms with Crippen LogP contribution >= 0.6 is 0 Å². The van der Waals surface area contributed by atoms with E-state index in [1.807, 2.05) is 43.3 Å². The molecule has 0 aliphatic heterocycles. The van der Waals surface area contributed by atoms with Gasteiger partial charge >= 0.3 is 6.03 Å². The number of carbonyl (C=O) groups excluding carboxylic acids is 1. The van der Waals surface area contributed by atoms with Crippen LogP contribution in [0, 0.1) is 6.92 Å². The van der Waals surface area contributed by atoms with Gasteiger partial charge in [-0.15, -0.1) is 0 Å². The van der Waals surface area contributed by atoms with Crippen molar-refractivity contribution in [3.63, 3.8) is 0 Å². The Labute approximate surface area is 140 Å². The average Bonchev–Trinajstić information content (AvgIpc) is 2.91. The Morgan fingerprint density at radius 2 is 1.92 bits per heavy atom. The van der Waals surface area contributed by atoms with Crippen LogP contribution in [0.25, 0.3) is 11.0 Å². The van der Waals surface area contributed by atoms with Gasteiger partial charge in [-0.25, -0.2) is 9.78 Å². The van der Waals surface area contributed by atoms with Crippen molar-refractivity contribution in [1.29, 1.82) is 0 Å². The third-order valence-corrected chi connectivity index (χ3v) is 3.82. The number of nitrogens with zero attached hydrogens (tertiary/aromatic N) is 2. The zero-order chi connectivity index (χ0) is 16.9. The van der Waals surface area contributed by atoms with Gasteiger partial charge in [-0.1, -0.05) is 24.3 Å². The van der Waals surface area contributed by atoms with E-state index in [1.165, 1.54) is 0 Å².